The van der Waals surface area contributed by atoms with Crippen molar-refractivity contribution in [3.05, 3.63) is 0 Å². The van der Waals surface area contributed by atoms with Gasteiger partial charge in [0.25, 0.3) is 0 Å². The van der Waals surface area contributed by atoms with Crippen molar-refractivity contribution in [3.63, 3.8) is 0 Å². The lowest BCUT2D eigenvalue weighted by Crippen LogP contribution is -2.50. The summed E-state index contributed by atoms with van der Waals surface area (Å²) in [5, 5.41) is 19.3. The molecule has 0 amide bonds. The molecule has 13 heavy (non-hydrogen) atoms. The third-order valence-corrected chi connectivity index (χ3v) is 3.00. The van der Waals surface area contributed by atoms with Gasteiger partial charge in [0, 0.05) is 11.8 Å². The topological polar surface area (TPSA) is 49.7 Å². The summed E-state index contributed by atoms with van der Waals surface area (Å²) in [6.45, 7) is 7.85. The van der Waals surface area contributed by atoms with Crippen molar-refractivity contribution in [1.82, 2.24) is 0 Å². The quantitative estimate of drug-likeness (QED) is 0.645. The van der Waals surface area contributed by atoms with Gasteiger partial charge in [0.2, 0.25) is 0 Å². The largest absolute Gasteiger partial charge is 0.392 e. The summed E-state index contributed by atoms with van der Waals surface area (Å²) in [6.07, 6.45) is -1.32. The fourth-order valence-electron chi connectivity index (χ4n) is 2.01. The maximum absolute atomic E-state index is 9.80. The van der Waals surface area contributed by atoms with Crippen LogP contribution in [0.1, 0.15) is 27.7 Å². The van der Waals surface area contributed by atoms with Gasteiger partial charge in [0.1, 0.15) is 0 Å². The zero-order valence-electron chi connectivity index (χ0n) is 8.77. The summed E-state index contributed by atoms with van der Waals surface area (Å²) >= 11 is 0. The molecule has 0 bridgehead atoms. The summed E-state index contributed by atoms with van der Waals surface area (Å²) in [5.41, 5.74) is 0. The molecule has 0 saturated carbocycles. The zero-order valence-corrected chi connectivity index (χ0v) is 8.77. The summed E-state index contributed by atoms with van der Waals surface area (Å²) in [5.74, 6) is 0.232. The smallest absolute Gasteiger partial charge is 0.159 e. The van der Waals surface area contributed by atoms with Crippen LogP contribution in [0.2, 0.25) is 0 Å². The van der Waals surface area contributed by atoms with E-state index < -0.39 is 12.4 Å². The van der Waals surface area contributed by atoms with Crippen molar-refractivity contribution < 1.29 is 14.9 Å². The second-order valence-electron chi connectivity index (χ2n) is 4.44. The molecular formula is C10H20O3. The van der Waals surface area contributed by atoms with Gasteiger partial charge >= 0.3 is 0 Å². The molecule has 0 aromatic rings. The van der Waals surface area contributed by atoms with Crippen LogP contribution in [0.3, 0.4) is 0 Å². The Morgan fingerprint density at radius 2 is 1.62 bits per heavy atom. The Morgan fingerprint density at radius 3 is 2.08 bits per heavy atom. The van der Waals surface area contributed by atoms with E-state index in [0.717, 1.165) is 0 Å². The standard InChI is InChI=1S/C10H20O3/c1-5(2)9-6(3)8(11)7(4)10(12)13-9/h5-12H,1-4H3/t6-,7-,8-,9+,10?/m1/s1. The summed E-state index contributed by atoms with van der Waals surface area (Å²) in [4.78, 5) is 0. The highest BCUT2D eigenvalue weighted by atomic mass is 16.6. The lowest BCUT2D eigenvalue weighted by molar-refractivity contribution is -0.250. The number of ether oxygens (including phenoxy) is 1. The van der Waals surface area contributed by atoms with Crippen LogP contribution in [-0.2, 0) is 4.74 Å². The Kier molecular flexibility index (Phi) is 3.33. The minimum absolute atomic E-state index is 0.0406. The molecule has 78 valence electrons. The summed E-state index contributed by atoms with van der Waals surface area (Å²) in [6, 6.07) is 0. The first-order valence-corrected chi connectivity index (χ1v) is 4.96. The number of aliphatic hydroxyl groups is 2. The lowest BCUT2D eigenvalue weighted by Gasteiger charge is -2.42. The van der Waals surface area contributed by atoms with E-state index in [0.29, 0.717) is 5.92 Å². The van der Waals surface area contributed by atoms with E-state index in [1.807, 2.05) is 27.7 Å². The third-order valence-electron chi connectivity index (χ3n) is 3.00. The van der Waals surface area contributed by atoms with Crippen molar-refractivity contribution in [1.29, 1.82) is 0 Å². The van der Waals surface area contributed by atoms with Gasteiger partial charge in [0.15, 0.2) is 6.29 Å². The average molecular weight is 188 g/mol. The van der Waals surface area contributed by atoms with Crippen LogP contribution in [0, 0.1) is 17.8 Å². The second-order valence-corrected chi connectivity index (χ2v) is 4.44. The number of hydrogen-bond donors (Lipinski definition) is 2. The minimum Gasteiger partial charge on any atom is -0.392 e. The molecule has 0 radical (unpaired) electrons. The fourth-order valence-corrected chi connectivity index (χ4v) is 2.01. The highest BCUT2D eigenvalue weighted by molar-refractivity contribution is 4.85. The van der Waals surface area contributed by atoms with Crippen LogP contribution in [0.15, 0.2) is 0 Å². The number of hydrogen-bond acceptors (Lipinski definition) is 3. The molecule has 5 atom stereocenters. The zero-order chi connectivity index (χ0) is 10.2. The molecule has 1 heterocycles. The maximum Gasteiger partial charge on any atom is 0.159 e. The van der Waals surface area contributed by atoms with E-state index in [2.05, 4.69) is 0 Å². The molecule has 1 fully saturated rings. The molecular weight excluding hydrogens is 168 g/mol. The molecule has 2 N–H and O–H groups in total. The van der Waals surface area contributed by atoms with E-state index in [9.17, 15) is 10.2 Å². The predicted octanol–water partition coefficient (Wildman–Crippen LogP) is 0.993. The van der Waals surface area contributed by atoms with E-state index >= 15 is 0 Å². The normalized spacial score (nSPS) is 46.8. The molecule has 1 rings (SSSR count). The Labute approximate surface area is 79.7 Å². The van der Waals surface area contributed by atoms with Crippen molar-refractivity contribution in [2.24, 2.45) is 17.8 Å². The van der Waals surface area contributed by atoms with E-state index in [1.165, 1.54) is 0 Å². The van der Waals surface area contributed by atoms with Crippen molar-refractivity contribution in [2.75, 3.05) is 0 Å². The van der Waals surface area contributed by atoms with E-state index in [4.69, 9.17) is 4.74 Å². The van der Waals surface area contributed by atoms with Gasteiger partial charge in [-0.3, -0.25) is 0 Å². The van der Waals surface area contributed by atoms with Crippen LogP contribution >= 0.6 is 0 Å². The Balaban J connectivity index is 2.70. The molecule has 0 aromatic heterocycles. The molecule has 1 aliphatic heterocycles. The second kappa shape index (κ2) is 3.95. The molecule has 0 spiro atoms. The van der Waals surface area contributed by atoms with Crippen LogP contribution in [-0.4, -0.2) is 28.7 Å². The lowest BCUT2D eigenvalue weighted by atomic mass is 9.82. The summed E-state index contributed by atoms with van der Waals surface area (Å²) < 4.78 is 5.44. The van der Waals surface area contributed by atoms with Crippen LogP contribution in [0.5, 0.6) is 0 Å². The van der Waals surface area contributed by atoms with Crippen molar-refractivity contribution in [2.45, 2.75) is 46.2 Å². The van der Waals surface area contributed by atoms with Crippen molar-refractivity contribution >= 4 is 0 Å². The highest BCUT2D eigenvalue weighted by Crippen LogP contribution is 2.32. The van der Waals surface area contributed by atoms with Gasteiger partial charge < -0.3 is 14.9 Å². The van der Waals surface area contributed by atoms with Crippen molar-refractivity contribution in [3.8, 4) is 0 Å². The molecule has 1 aliphatic rings. The van der Waals surface area contributed by atoms with Gasteiger partial charge in [0.05, 0.1) is 12.2 Å². The predicted molar refractivity (Wildman–Crippen MR) is 50.1 cm³/mol. The van der Waals surface area contributed by atoms with Gasteiger partial charge in [-0.1, -0.05) is 27.7 Å². The number of aliphatic hydroxyl groups excluding tert-OH is 2. The van der Waals surface area contributed by atoms with Crippen LogP contribution < -0.4 is 0 Å². The SMILES string of the molecule is CC(C)[C@@H]1OC(O)[C@H](C)[C@H](O)[C@H]1C. The molecule has 3 nitrogen and oxygen atoms in total. The molecule has 1 unspecified atom stereocenters. The van der Waals surface area contributed by atoms with Gasteiger partial charge in [-0.25, -0.2) is 0 Å². The third kappa shape index (κ3) is 2.03. The maximum atomic E-state index is 9.80. The monoisotopic (exact) mass is 188 g/mol. The molecule has 0 aliphatic carbocycles. The Morgan fingerprint density at radius 1 is 1.08 bits per heavy atom. The van der Waals surface area contributed by atoms with Crippen LogP contribution in [0.4, 0.5) is 0 Å². The minimum atomic E-state index is -0.821. The highest BCUT2D eigenvalue weighted by Gasteiger charge is 2.40. The van der Waals surface area contributed by atoms with Gasteiger partial charge in [-0.2, -0.15) is 0 Å². The van der Waals surface area contributed by atoms with E-state index in [-0.39, 0.29) is 17.9 Å². The summed E-state index contributed by atoms with van der Waals surface area (Å²) in [7, 11) is 0. The molecule has 0 aromatic carbocycles. The Hall–Kier alpha value is -0.120. The first kappa shape index (κ1) is 11.0. The Bertz CT molecular complexity index is 170. The average Bonchev–Trinajstić information content (AvgIpc) is 2.07. The number of rotatable bonds is 1. The van der Waals surface area contributed by atoms with Gasteiger partial charge in [-0.15, -0.1) is 0 Å². The van der Waals surface area contributed by atoms with Crippen LogP contribution in [0.25, 0.3) is 0 Å². The molecule has 3 heteroatoms. The first-order valence-electron chi connectivity index (χ1n) is 4.96. The first-order chi connectivity index (χ1) is 5.95. The fraction of sp³-hybridized carbons (Fsp3) is 1.00. The molecule has 1 saturated heterocycles. The van der Waals surface area contributed by atoms with E-state index in [1.54, 1.807) is 0 Å². The van der Waals surface area contributed by atoms with Gasteiger partial charge in [-0.05, 0) is 5.92 Å².